The lowest BCUT2D eigenvalue weighted by Gasteiger charge is -2.10. The number of benzene rings is 2. The van der Waals surface area contributed by atoms with Crippen LogP contribution < -0.4 is 15.4 Å². The lowest BCUT2D eigenvalue weighted by atomic mass is 10.3. The van der Waals surface area contributed by atoms with Crippen LogP contribution in [0.25, 0.3) is 0 Å². The van der Waals surface area contributed by atoms with Gasteiger partial charge >= 0.3 is 0 Å². The average Bonchev–Trinajstić information content (AvgIpc) is 2.49. The van der Waals surface area contributed by atoms with E-state index in [1.807, 2.05) is 24.3 Å². The molecule has 2 aromatic carbocycles. The van der Waals surface area contributed by atoms with Gasteiger partial charge in [0.1, 0.15) is 5.75 Å². The van der Waals surface area contributed by atoms with E-state index in [-0.39, 0.29) is 12.5 Å². The zero-order chi connectivity index (χ0) is 15.2. The standard InChI is InChI=1S/C15H14BrClN2O2/c1-21-11-5-2-4-10(8-11)19-14(20)9-18-13-7-3-6-12(17)15(13)16/h2-8,18H,9H2,1H3,(H,19,20). The summed E-state index contributed by atoms with van der Waals surface area (Å²) in [7, 11) is 1.58. The van der Waals surface area contributed by atoms with Crippen molar-refractivity contribution in [1.29, 1.82) is 0 Å². The normalized spacial score (nSPS) is 10.0. The van der Waals surface area contributed by atoms with Crippen LogP contribution in [0, 0.1) is 0 Å². The maximum absolute atomic E-state index is 11.9. The molecule has 1 amide bonds. The summed E-state index contributed by atoms with van der Waals surface area (Å²) in [6.45, 7) is 0.135. The van der Waals surface area contributed by atoms with Crippen molar-refractivity contribution in [2.45, 2.75) is 0 Å². The summed E-state index contributed by atoms with van der Waals surface area (Å²) < 4.78 is 5.84. The Hall–Kier alpha value is -1.72. The summed E-state index contributed by atoms with van der Waals surface area (Å²) in [5.41, 5.74) is 1.45. The fourth-order valence-electron chi connectivity index (χ4n) is 1.72. The summed E-state index contributed by atoms with van der Waals surface area (Å²) in [4.78, 5) is 11.9. The molecular formula is C15H14BrClN2O2. The molecule has 0 fully saturated rings. The predicted molar refractivity (Wildman–Crippen MR) is 89.3 cm³/mol. The molecular weight excluding hydrogens is 356 g/mol. The first-order chi connectivity index (χ1) is 10.1. The van der Waals surface area contributed by atoms with Crippen molar-refractivity contribution in [3.8, 4) is 5.75 Å². The Labute approximate surface area is 136 Å². The van der Waals surface area contributed by atoms with E-state index in [1.165, 1.54) is 0 Å². The molecule has 0 atom stereocenters. The Morgan fingerprint density at radius 3 is 2.81 bits per heavy atom. The molecule has 0 saturated heterocycles. The minimum absolute atomic E-state index is 0.135. The van der Waals surface area contributed by atoms with Crippen LogP contribution in [0.15, 0.2) is 46.9 Å². The van der Waals surface area contributed by atoms with Gasteiger partial charge in [0, 0.05) is 11.8 Å². The highest BCUT2D eigenvalue weighted by Crippen LogP contribution is 2.29. The first-order valence-corrected chi connectivity index (χ1v) is 7.39. The fourth-order valence-corrected chi connectivity index (χ4v) is 2.30. The highest BCUT2D eigenvalue weighted by molar-refractivity contribution is 9.10. The molecule has 0 unspecified atom stereocenters. The number of ether oxygens (including phenoxy) is 1. The average molecular weight is 370 g/mol. The number of halogens is 2. The van der Waals surface area contributed by atoms with Crippen LogP contribution in [-0.4, -0.2) is 19.6 Å². The van der Waals surface area contributed by atoms with Gasteiger partial charge in [-0.05, 0) is 40.2 Å². The Balaban J connectivity index is 1.94. The molecule has 0 aliphatic heterocycles. The summed E-state index contributed by atoms with van der Waals surface area (Å²) in [5.74, 6) is 0.536. The van der Waals surface area contributed by atoms with Gasteiger partial charge in [-0.2, -0.15) is 0 Å². The predicted octanol–water partition coefficient (Wildman–Crippen LogP) is 4.16. The van der Waals surface area contributed by atoms with E-state index in [4.69, 9.17) is 16.3 Å². The number of rotatable bonds is 5. The molecule has 2 aromatic rings. The van der Waals surface area contributed by atoms with E-state index in [0.717, 1.165) is 10.2 Å². The number of methoxy groups -OCH3 is 1. The number of nitrogens with one attached hydrogen (secondary N) is 2. The van der Waals surface area contributed by atoms with E-state index in [2.05, 4.69) is 26.6 Å². The number of carbonyl (C=O) groups is 1. The Kier molecular flexibility index (Phi) is 5.47. The van der Waals surface area contributed by atoms with E-state index < -0.39 is 0 Å². The van der Waals surface area contributed by atoms with Gasteiger partial charge in [0.05, 0.1) is 28.8 Å². The van der Waals surface area contributed by atoms with E-state index >= 15 is 0 Å². The molecule has 2 N–H and O–H groups in total. The molecule has 0 bridgehead atoms. The Bertz CT molecular complexity index is 649. The molecule has 2 rings (SSSR count). The number of anilines is 2. The quantitative estimate of drug-likeness (QED) is 0.832. The second-order valence-corrected chi connectivity index (χ2v) is 5.44. The Morgan fingerprint density at radius 1 is 1.29 bits per heavy atom. The van der Waals surface area contributed by atoms with Crippen molar-refractivity contribution in [2.24, 2.45) is 0 Å². The van der Waals surface area contributed by atoms with Gasteiger partial charge in [-0.1, -0.05) is 23.7 Å². The van der Waals surface area contributed by atoms with Crippen LogP contribution >= 0.6 is 27.5 Å². The molecule has 0 aliphatic carbocycles. The number of carbonyl (C=O) groups excluding carboxylic acids is 1. The SMILES string of the molecule is COc1cccc(NC(=O)CNc2cccc(Cl)c2Br)c1. The van der Waals surface area contributed by atoms with Crippen molar-refractivity contribution in [2.75, 3.05) is 24.3 Å². The summed E-state index contributed by atoms with van der Waals surface area (Å²) in [5, 5.41) is 6.41. The van der Waals surface area contributed by atoms with Crippen molar-refractivity contribution in [1.82, 2.24) is 0 Å². The van der Waals surface area contributed by atoms with Crippen LogP contribution in [-0.2, 0) is 4.79 Å². The molecule has 6 heteroatoms. The summed E-state index contributed by atoms with van der Waals surface area (Å²) >= 11 is 9.36. The zero-order valence-electron chi connectivity index (χ0n) is 11.3. The lowest BCUT2D eigenvalue weighted by Crippen LogP contribution is -2.21. The van der Waals surface area contributed by atoms with Gasteiger partial charge < -0.3 is 15.4 Å². The zero-order valence-corrected chi connectivity index (χ0v) is 13.7. The maximum Gasteiger partial charge on any atom is 0.243 e. The number of hydrogen-bond donors (Lipinski definition) is 2. The lowest BCUT2D eigenvalue weighted by molar-refractivity contribution is -0.114. The molecule has 0 spiro atoms. The van der Waals surface area contributed by atoms with Gasteiger partial charge in [0.25, 0.3) is 0 Å². The monoisotopic (exact) mass is 368 g/mol. The smallest absolute Gasteiger partial charge is 0.243 e. The number of amides is 1. The van der Waals surface area contributed by atoms with Gasteiger partial charge in [0.2, 0.25) is 5.91 Å². The first kappa shape index (κ1) is 15.7. The van der Waals surface area contributed by atoms with Gasteiger partial charge in [0.15, 0.2) is 0 Å². The molecule has 0 aromatic heterocycles. The van der Waals surface area contributed by atoms with Crippen LogP contribution in [0.3, 0.4) is 0 Å². The van der Waals surface area contributed by atoms with E-state index in [1.54, 1.807) is 25.3 Å². The third kappa shape index (κ3) is 4.37. The third-order valence-corrected chi connectivity index (χ3v) is 4.14. The largest absolute Gasteiger partial charge is 0.497 e. The summed E-state index contributed by atoms with van der Waals surface area (Å²) in [6, 6.07) is 12.6. The van der Waals surface area contributed by atoms with E-state index in [0.29, 0.717) is 16.5 Å². The molecule has 4 nitrogen and oxygen atoms in total. The third-order valence-electron chi connectivity index (χ3n) is 2.74. The minimum atomic E-state index is -0.157. The van der Waals surface area contributed by atoms with Crippen LogP contribution in [0.4, 0.5) is 11.4 Å². The molecule has 110 valence electrons. The van der Waals surface area contributed by atoms with Crippen molar-refractivity contribution >= 4 is 44.8 Å². The van der Waals surface area contributed by atoms with Gasteiger partial charge in [-0.3, -0.25) is 4.79 Å². The van der Waals surface area contributed by atoms with Crippen molar-refractivity contribution < 1.29 is 9.53 Å². The topological polar surface area (TPSA) is 50.4 Å². The minimum Gasteiger partial charge on any atom is -0.497 e. The molecule has 0 saturated carbocycles. The molecule has 0 heterocycles. The highest BCUT2D eigenvalue weighted by atomic mass is 79.9. The second-order valence-electron chi connectivity index (χ2n) is 4.24. The first-order valence-electron chi connectivity index (χ1n) is 6.22. The van der Waals surface area contributed by atoms with Crippen LogP contribution in [0.2, 0.25) is 5.02 Å². The summed E-state index contributed by atoms with van der Waals surface area (Å²) in [6.07, 6.45) is 0. The van der Waals surface area contributed by atoms with Gasteiger partial charge in [-0.25, -0.2) is 0 Å². The van der Waals surface area contributed by atoms with Crippen molar-refractivity contribution in [3.05, 3.63) is 52.0 Å². The Morgan fingerprint density at radius 2 is 2.05 bits per heavy atom. The van der Waals surface area contributed by atoms with E-state index in [9.17, 15) is 4.79 Å². The second kappa shape index (κ2) is 7.33. The van der Waals surface area contributed by atoms with Crippen LogP contribution in [0.5, 0.6) is 5.75 Å². The molecule has 0 radical (unpaired) electrons. The maximum atomic E-state index is 11.9. The molecule has 0 aliphatic rings. The fraction of sp³-hybridized carbons (Fsp3) is 0.133. The van der Waals surface area contributed by atoms with Gasteiger partial charge in [-0.15, -0.1) is 0 Å². The highest BCUT2D eigenvalue weighted by Gasteiger charge is 2.06. The number of hydrogen-bond acceptors (Lipinski definition) is 3. The molecule has 21 heavy (non-hydrogen) atoms. The van der Waals surface area contributed by atoms with Crippen molar-refractivity contribution in [3.63, 3.8) is 0 Å². The van der Waals surface area contributed by atoms with Crippen LogP contribution in [0.1, 0.15) is 0 Å².